The number of nitrogens with zero attached hydrogens (tertiary/aromatic N) is 2. The van der Waals surface area contributed by atoms with Gasteiger partial charge >= 0.3 is 0 Å². The molecular weight excluding hydrogens is 472 g/mol. The molecule has 0 spiro atoms. The molecule has 1 fully saturated rings. The number of hydrogen-bond acceptors (Lipinski definition) is 5. The van der Waals surface area contributed by atoms with Crippen LogP contribution in [0.25, 0.3) is 0 Å². The summed E-state index contributed by atoms with van der Waals surface area (Å²) in [4.78, 5) is 15.5. The molecule has 2 aromatic carbocycles. The number of nitrogens with two attached hydrogens (primary N) is 1. The number of primary amides is 1. The van der Waals surface area contributed by atoms with E-state index in [-0.39, 0.29) is 27.9 Å². The molecular formula is C32H50N4O2. The van der Waals surface area contributed by atoms with Gasteiger partial charge in [0.05, 0.1) is 6.54 Å². The third-order valence-corrected chi connectivity index (χ3v) is 7.04. The summed E-state index contributed by atoms with van der Waals surface area (Å²) in [6.07, 6.45) is 1.22. The molecule has 0 bridgehead atoms. The van der Waals surface area contributed by atoms with E-state index in [2.05, 4.69) is 102 Å². The highest BCUT2D eigenvalue weighted by Crippen LogP contribution is 2.36. The van der Waals surface area contributed by atoms with Gasteiger partial charge in [-0.25, -0.2) is 0 Å². The van der Waals surface area contributed by atoms with Crippen LogP contribution in [0.15, 0.2) is 36.4 Å². The van der Waals surface area contributed by atoms with Crippen molar-refractivity contribution in [1.29, 1.82) is 5.41 Å². The van der Waals surface area contributed by atoms with Crippen molar-refractivity contribution < 1.29 is 9.90 Å². The molecule has 0 aromatic heterocycles. The second-order valence-corrected chi connectivity index (χ2v) is 13.6. The van der Waals surface area contributed by atoms with Crippen LogP contribution in [0.2, 0.25) is 0 Å². The van der Waals surface area contributed by atoms with Gasteiger partial charge in [0.1, 0.15) is 5.75 Å². The maximum Gasteiger partial charge on any atom is 0.231 e. The zero-order valence-corrected chi connectivity index (χ0v) is 25.1. The minimum absolute atomic E-state index is 0.0193. The van der Waals surface area contributed by atoms with E-state index in [1.165, 1.54) is 17.3 Å². The van der Waals surface area contributed by atoms with Gasteiger partial charge in [-0.2, -0.15) is 0 Å². The van der Waals surface area contributed by atoms with E-state index in [4.69, 9.17) is 11.1 Å². The van der Waals surface area contributed by atoms with Gasteiger partial charge in [0.15, 0.2) is 0 Å². The number of phenols is 1. The predicted molar refractivity (Wildman–Crippen MR) is 159 cm³/mol. The quantitative estimate of drug-likeness (QED) is 0.448. The lowest BCUT2D eigenvalue weighted by Gasteiger charge is -2.34. The molecule has 1 amide bonds. The minimum Gasteiger partial charge on any atom is -0.507 e. The average Bonchev–Trinajstić information content (AvgIpc) is 2.79. The highest BCUT2D eigenvalue weighted by molar-refractivity contribution is 5.82. The molecule has 6 heteroatoms. The van der Waals surface area contributed by atoms with Crippen LogP contribution in [0, 0.1) is 5.41 Å². The zero-order valence-electron chi connectivity index (χ0n) is 25.1. The smallest absolute Gasteiger partial charge is 0.231 e. The van der Waals surface area contributed by atoms with Gasteiger partial charge in [-0.15, -0.1) is 0 Å². The number of nitrogens with one attached hydrogen (secondary N) is 1. The summed E-state index contributed by atoms with van der Waals surface area (Å²) in [7, 11) is 0. The summed E-state index contributed by atoms with van der Waals surface area (Å²) in [5.41, 5.74) is 10.7. The maximum atomic E-state index is 10.9. The van der Waals surface area contributed by atoms with Crippen molar-refractivity contribution in [2.24, 2.45) is 5.73 Å². The van der Waals surface area contributed by atoms with Crippen molar-refractivity contribution in [3.8, 4) is 5.75 Å². The molecule has 1 aliphatic rings. The topological polar surface area (TPSA) is 93.7 Å². The van der Waals surface area contributed by atoms with E-state index in [0.717, 1.165) is 43.9 Å². The Kier molecular flexibility index (Phi) is 10.3. The van der Waals surface area contributed by atoms with Crippen molar-refractivity contribution in [3.63, 3.8) is 0 Å². The molecule has 0 atom stereocenters. The number of rotatable bonds is 5. The van der Waals surface area contributed by atoms with Crippen LogP contribution in [0.5, 0.6) is 5.75 Å². The Morgan fingerprint density at radius 2 is 1.34 bits per heavy atom. The lowest BCUT2D eigenvalue weighted by molar-refractivity contribution is -0.119. The van der Waals surface area contributed by atoms with Gasteiger partial charge in [-0.3, -0.25) is 14.6 Å². The first-order valence-electron chi connectivity index (χ1n) is 13.6. The highest BCUT2D eigenvalue weighted by Gasteiger charge is 2.24. The Morgan fingerprint density at radius 3 is 1.76 bits per heavy atom. The molecule has 0 unspecified atom stereocenters. The minimum atomic E-state index is -0.235. The Balaban J connectivity index is 0.000000273. The Morgan fingerprint density at radius 1 is 0.842 bits per heavy atom. The van der Waals surface area contributed by atoms with Gasteiger partial charge in [0, 0.05) is 50.1 Å². The molecule has 2 aromatic rings. The maximum absolute atomic E-state index is 10.9. The molecule has 4 N–H and O–H groups in total. The summed E-state index contributed by atoms with van der Waals surface area (Å²) in [6.45, 7) is 24.5. The number of carbonyl (C=O) groups is 1. The number of benzene rings is 2. The number of hydrogen-bond donors (Lipinski definition) is 3. The Labute approximate surface area is 230 Å². The van der Waals surface area contributed by atoms with Gasteiger partial charge < -0.3 is 16.2 Å². The molecule has 38 heavy (non-hydrogen) atoms. The summed E-state index contributed by atoms with van der Waals surface area (Å²) in [5, 5.41) is 17.6. The van der Waals surface area contributed by atoms with Crippen molar-refractivity contribution in [2.45, 2.75) is 85.1 Å². The predicted octanol–water partition coefficient (Wildman–Crippen LogP) is 5.57. The second-order valence-electron chi connectivity index (χ2n) is 13.6. The lowest BCUT2D eigenvalue weighted by atomic mass is 9.79. The number of phenolic OH excluding ortho intramolecular Hbond substituents is 1. The standard InChI is InChI=1S/C17H27N3O.C15H23NO/c1-17(2,3)15-6-4-14(5-7-15)12-19-8-10-20(11-9-19)13-16(18)21;1-14(2,3)11-7-10(9-16)13(17)12(8-11)15(4,5)6/h4-7H,8-13H2,1-3H3,(H2,18,21);7-9,16-17H,1-6H3. The average molecular weight is 523 g/mol. The number of piperazine rings is 1. The first-order valence-corrected chi connectivity index (χ1v) is 13.6. The van der Waals surface area contributed by atoms with Crippen LogP contribution >= 0.6 is 0 Å². The van der Waals surface area contributed by atoms with Crippen LogP contribution in [-0.2, 0) is 27.6 Å². The summed E-state index contributed by atoms with van der Waals surface area (Å²) >= 11 is 0. The summed E-state index contributed by atoms with van der Waals surface area (Å²) in [5.74, 6) is 0.00159. The van der Waals surface area contributed by atoms with E-state index in [9.17, 15) is 9.90 Å². The van der Waals surface area contributed by atoms with Crippen LogP contribution < -0.4 is 5.73 Å². The van der Waals surface area contributed by atoms with E-state index in [1.807, 2.05) is 6.07 Å². The number of amides is 1. The summed E-state index contributed by atoms with van der Waals surface area (Å²) in [6, 6.07) is 12.9. The van der Waals surface area contributed by atoms with Crippen LogP contribution in [0.3, 0.4) is 0 Å². The third-order valence-electron chi connectivity index (χ3n) is 7.04. The molecule has 0 aliphatic carbocycles. The molecule has 210 valence electrons. The van der Waals surface area contributed by atoms with E-state index in [1.54, 1.807) is 0 Å². The Bertz CT molecular complexity index is 1080. The second kappa shape index (κ2) is 12.4. The lowest BCUT2D eigenvalue weighted by Crippen LogP contribution is -2.48. The number of aromatic hydroxyl groups is 1. The zero-order chi connectivity index (χ0) is 28.9. The van der Waals surface area contributed by atoms with Crippen LogP contribution in [0.1, 0.15) is 90.1 Å². The van der Waals surface area contributed by atoms with Gasteiger partial charge in [-0.1, -0.05) is 92.6 Å². The molecule has 1 heterocycles. The first-order chi connectivity index (χ1) is 17.4. The molecule has 0 radical (unpaired) electrons. The fourth-order valence-corrected chi connectivity index (χ4v) is 4.47. The first kappa shape index (κ1) is 31.5. The molecule has 3 rings (SSSR count). The van der Waals surface area contributed by atoms with E-state index in [0.29, 0.717) is 12.1 Å². The summed E-state index contributed by atoms with van der Waals surface area (Å²) < 4.78 is 0. The van der Waals surface area contributed by atoms with Crippen molar-refractivity contribution in [3.05, 3.63) is 64.2 Å². The van der Waals surface area contributed by atoms with Crippen molar-refractivity contribution in [1.82, 2.24) is 9.80 Å². The van der Waals surface area contributed by atoms with Gasteiger partial charge in [-0.05, 0) is 39.0 Å². The van der Waals surface area contributed by atoms with Crippen molar-refractivity contribution in [2.75, 3.05) is 32.7 Å². The molecule has 6 nitrogen and oxygen atoms in total. The molecule has 1 saturated heterocycles. The fraction of sp³-hybridized carbons (Fsp3) is 0.562. The Hall–Kier alpha value is -2.70. The SMILES string of the molecule is CC(C)(C)c1cc(C=N)c(O)c(C(C)(C)C)c1.CC(C)(C)c1ccc(CN2CCN(CC(N)=O)CC2)cc1. The van der Waals surface area contributed by atoms with Crippen LogP contribution in [0.4, 0.5) is 0 Å². The van der Waals surface area contributed by atoms with Crippen molar-refractivity contribution >= 4 is 12.1 Å². The normalized spacial score (nSPS) is 15.5. The third kappa shape index (κ3) is 9.25. The molecule has 0 saturated carbocycles. The van der Waals surface area contributed by atoms with Crippen LogP contribution in [-0.4, -0.2) is 59.8 Å². The molecule has 1 aliphatic heterocycles. The highest BCUT2D eigenvalue weighted by atomic mass is 16.3. The van der Waals surface area contributed by atoms with Gasteiger partial charge in [0.2, 0.25) is 5.91 Å². The van der Waals surface area contributed by atoms with E-state index >= 15 is 0 Å². The fourth-order valence-electron chi connectivity index (χ4n) is 4.47. The monoisotopic (exact) mass is 522 g/mol. The largest absolute Gasteiger partial charge is 0.507 e. The van der Waals surface area contributed by atoms with E-state index < -0.39 is 0 Å². The number of carbonyl (C=O) groups excluding carboxylic acids is 1. The van der Waals surface area contributed by atoms with Gasteiger partial charge in [0.25, 0.3) is 0 Å².